The van der Waals surface area contributed by atoms with Crippen LogP contribution in [-0.2, 0) is 9.59 Å². The van der Waals surface area contributed by atoms with Crippen LogP contribution in [0.3, 0.4) is 0 Å². The van der Waals surface area contributed by atoms with Gasteiger partial charge in [-0.2, -0.15) is 10.1 Å². The number of fused-ring (bicyclic) bond motifs is 5. The normalized spacial score (nSPS) is 32.5. The van der Waals surface area contributed by atoms with Crippen molar-refractivity contribution in [1.82, 2.24) is 5.01 Å². The Labute approximate surface area is 129 Å². The lowest BCUT2D eigenvalue weighted by molar-refractivity contribution is -0.380. The fraction of sp³-hybridized carbons (Fsp3) is 0.357. The highest BCUT2D eigenvalue weighted by atomic mass is 32.1. The summed E-state index contributed by atoms with van der Waals surface area (Å²) >= 11 is 0.952. The number of hydrazone groups is 1. The summed E-state index contributed by atoms with van der Waals surface area (Å²) in [5, 5.41) is 15.6. The van der Waals surface area contributed by atoms with Gasteiger partial charge in [0.2, 0.25) is 0 Å². The Morgan fingerprint density at radius 3 is 2.41 bits per heavy atom. The number of thiophene rings is 1. The van der Waals surface area contributed by atoms with Crippen molar-refractivity contribution in [1.29, 1.82) is 0 Å². The number of nitrogens with zero attached hydrogens (tertiary/aromatic N) is 3. The average Bonchev–Trinajstić information content (AvgIpc) is 3.23. The quantitative estimate of drug-likeness (QED) is 0.279. The minimum absolute atomic E-state index is 0.000334. The predicted molar refractivity (Wildman–Crippen MR) is 78.1 cm³/mol. The van der Waals surface area contributed by atoms with Gasteiger partial charge < -0.3 is 0 Å². The summed E-state index contributed by atoms with van der Waals surface area (Å²) in [5.41, 5.74) is 0. The first-order valence-electron chi connectivity index (χ1n) is 6.90. The first-order chi connectivity index (χ1) is 10.6. The Bertz CT molecular complexity index is 723. The molecule has 3 aliphatic rings. The highest BCUT2D eigenvalue weighted by Crippen LogP contribution is 2.52. The SMILES string of the molecule is O=C1[C@@H]2[C@@H](C(=O)N1/N=C\c1ccc([N+](=O)[O-])s1)[C@H]1C=C[C@@H]2C1. The lowest BCUT2D eigenvalue weighted by Crippen LogP contribution is -2.28. The molecule has 4 atom stereocenters. The molecular weight excluding hydrogens is 306 g/mol. The van der Waals surface area contributed by atoms with Crippen LogP contribution in [0.25, 0.3) is 0 Å². The van der Waals surface area contributed by atoms with Crippen LogP contribution in [0.1, 0.15) is 11.3 Å². The van der Waals surface area contributed by atoms with Crippen molar-refractivity contribution in [2.24, 2.45) is 28.8 Å². The maximum Gasteiger partial charge on any atom is 0.324 e. The van der Waals surface area contributed by atoms with E-state index in [-0.39, 0.29) is 40.5 Å². The van der Waals surface area contributed by atoms with Gasteiger partial charge in [-0.05, 0) is 24.3 Å². The first-order valence-corrected chi connectivity index (χ1v) is 7.72. The van der Waals surface area contributed by atoms with Crippen molar-refractivity contribution in [3.8, 4) is 0 Å². The molecule has 7 nitrogen and oxygen atoms in total. The van der Waals surface area contributed by atoms with E-state index >= 15 is 0 Å². The molecule has 0 radical (unpaired) electrons. The molecule has 2 amide bonds. The first kappa shape index (κ1) is 13.3. The minimum Gasteiger partial charge on any atom is -0.272 e. The average molecular weight is 317 g/mol. The van der Waals surface area contributed by atoms with Gasteiger partial charge in [0.15, 0.2) is 0 Å². The van der Waals surface area contributed by atoms with Crippen molar-refractivity contribution in [2.45, 2.75) is 6.42 Å². The number of amides is 2. The van der Waals surface area contributed by atoms with Crippen molar-refractivity contribution in [3.63, 3.8) is 0 Å². The van der Waals surface area contributed by atoms with E-state index in [0.717, 1.165) is 22.8 Å². The van der Waals surface area contributed by atoms with Gasteiger partial charge in [-0.3, -0.25) is 19.7 Å². The Morgan fingerprint density at radius 1 is 1.23 bits per heavy atom. The lowest BCUT2D eigenvalue weighted by Gasteiger charge is -2.13. The summed E-state index contributed by atoms with van der Waals surface area (Å²) in [7, 11) is 0. The van der Waals surface area contributed by atoms with E-state index in [1.54, 1.807) is 6.07 Å². The summed E-state index contributed by atoms with van der Waals surface area (Å²) in [6.07, 6.45) is 6.26. The number of carbonyl (C=O) groups excluding carboxylic acids is 2. The van der Waals surface area contributed by atoms with Crippen LogP contribution in [0, 0.1) is 33.8 Å². The minimum atomic E-state index is -0.484. The van der Waals surface area contributed by atoms with Crippen LogP contribution >= 0.6 is 11.3 Å². The number of hydrogen-bond acceptors (Lipinski definition) is 6. The second-order valence-corrected chi connectivity index (χ2v) is 6.76. The summed E-state index contributed by atoms with van der Waals surface area (Å²) in [5.74, 6) is -0.776. The van der Waals surface area contributed by atoms with E-state index in [1.807, 2.05) is 12.2 Å². The Kier molecular flexibility index (Phi) is 2.77. The molecular formula is C14H11N3O4S. The Morgan fingerprint density at radius 2 is 1.86 bits per heavy atom. The Balaban J connectivity index is 1.56. The number of imide groups is 1. The maximum absolute atomic E-state index is 12.4. The van der Waals surface area contributed by atoms with Crippen LogP contribution in [0.4, 0.5) is 5.00 Å². The molecule has 22 heavy (non-hydrogen) atoms. The van der Waals surface area contributed by atoms with E-state index < -0.39 is 4.92 Å². The molecule has 4 rings (SSSR count). The zero-order valence-electron chi connectivity index (χ0n) is 11.3. The van der Waals surface area contributed by atoms with Crippen LogP contribution < -0.4 is 0 Å². The van der Waals surface area contributed by atoms with Crippen LogP contribution in [-0.4, -0.2) is 28.0 Å². The third kappa shape index (κ3) is 1.77. The number of nitro groups is 1. The van der Waals surface area contributed by atoms with E-state index in [0.29, 0.717) is 4.88 Å². The van der Waals surface area contributed by atoms with E-state index in [9.17, 15) is 19.7 Å². The van der Waals surface area contributed by atoms with Crippen molar-refractivity contribution in [3.05, 3.63) is 39.3 Å². The van der Waals surface area contributed by atoms with Gasteiger partial charge in [0.1, 0.15) is 0 Å². The van der Waals surface area contributed by atoms with Gasteiger partial charge in [0, 0.05) is 6.07 Å². The molecule has 1 saturated heterocycles. The molecule has 2 aliphatic carbocycles. The van der Waals surface area contributed by atoms with Gasteiger partial charge in [-0.15, -0.1) is 0 Å². The molecule has 0 aromatic carbocycles. The van der Waals surface area contributed by atoms with Crippen molar-refractivity contribution >= 4 is 34.4 Å². The standard InChI is InChI=1S/C14H11N3O4S/c18-13-11-7-1-2-8(5-7)12(11)14(19)16(13)15-6-9-3-4-10(22-9)17(20)21/h1-4,6-8,11-12H,5H2/b15-6-/t7-,8+,11-,12-/m0/s1. The smallest absolute Gasteiger partial charge is 0.272 e. The summed E-state index contributed by atoms with van der Waals surface area (Å²) < 4.78 is 0. The fourth-order valence-corrected chi connectivity index (χ4v) is 4.31. The van der Waals surface area contributed by atoms with Gasteiger partial charge in [-0.25, -0.2) is 0 Å². The molecule has 0 unspecified atom stereocenters. The molecule has 0 spiro atoms. The maximum atomic E-state index is 12.4. The van der Waals surface area contributed by atoms with E-state index in [4.69, 9.17) is 0 Å². The molecule has 1 aromatic rings. The topological polar surface area (TPSA) is 92.9 Å². The second-order valence-electron chi connectivity index (χ2n) is 5.67. The molecule has 2 fully saturated rings. The van der Waals surface area contributed by atoms with Gasteiger partial charge in [0.05, 0.1) is 27.9 Å². The second kappa shape index (κ2) is 4.57. The lowest BCUT2D eigenvalue weighted by atomic mass is 9.85. The monoisotopic (exact) mass is 317 g/mol. The zero-order valence-corrected chi connectivity index (χ0v) is 12.1. The van der Waals surface area contributed by atoms with Gasteiger partial charge in [0.25, 0.3) is 11.8 Å². The highest BCUT2D eigenvalue weighted by Gasteiger charge is 2.59. The van der Waals surface area contributed by atoms with Crippen LogP contribution in [0.5, 0.6) is 0 Å². The molecule has 1 saturated carbocycles. The fourth-order valence-electron chi connectivity index (χ4n) is 3.62. The van der Waals surface area contributed by atoms with Crippen LogP contribution in [0.2, 0.25) is 0 Å². The van der Waals surface area contributed by atoms with E-state index in [1.165, 1.54) is 12.3 Å². The number of hydrogen-bond donors (Lipinski definition) is 0. The Hall–Kier alpha value is -2.35. The molecule has 1 aromatic heterocycles. The number of carbonyl (C=O) groups is 2. The number of rotatable bonds is 3. The molecule has 112 valence electrons. The molecule has 8 heteroatoms. The zero-order chi connectivity index (χ0) is 15.4. The summed E-state index contributed by atoms with van der Waals surface area (Å²) in [6.45, 7) is 0. The van der Waals surface area contributed by atoms with E-state index in [2.05, 4.69) is 5.10 Å². The predicted octanol–water partition coefficient (Wildman–Crippen LogP) is 1.80. The highest BCUT2D eigenvalue weighted by molar-refractivity contribution is 7.16. The molecule has 1 aliphatic heterocycles. The van der Waals surface area contributed by atoms with Crippen molar-refractivity contribution < 1.29 is 14.5 Å². The van der Waals surface area contributed by atoms with Gasteiger partial charge >= 0.3 is 5.00 Å². The van der Waals surface area contributed by atoms with Crippen molar-refractivity contribution in [2.75, 3.05) is 0 Å². The molecule has 2 bridgehead atoms. The van der Waals surface area contributed by atoms with Gasteiger partial charge in [-0.1, -0.05) is 23.5 Å². The van der Waals surface area contributed by atoms with Crippen LogP contribution in [0.15, 0.2) is 29.4 Å². The third-order valence-electron chi connectivity index (χ3n) is 4.54. The number of allylic oxidation sites excluding steroid dienone is 2. The third-order valence-corrected chi connectivity index (χ3v) is 5.51. The molecule has 2 heterocycles. The molecule has 0 N–H and O–H groups in total. The summed E-state index contributed by atoms with van der Waals surface area (Å²) in [4.78, 5) is 35.4. The summed E-state index contributed by atoms with van der Waals surface area (Å²) in [6, 6.07) is 2.92. The largest absolute Gasteiger partial charge is 0.324 e.